The molecule has 1 N–H and O–H groups in total. The van der Waals surface area contributed by atoms with Gasteiger partial charge < -0.3 is 4.98 Å². The number of rotatable bonds is 1. The Morgan fingerprint density at radius 2 is 2.00 bits per heavy atom. The fourth-order valence-corrected chi connectivity index (χ4v) is 3.62. The van der Waals surface area contributed by atoms with Gasteiger partial charge in [0.1, 0.15) is 9.53 Å². The predicted molar refractivity (Wildman–Crippen MR) is 85.7 cm³/mol. The van der Waals surface area contributed by atoms with Crippen LogP contribution >= 0.6 is 11.3 Å². The average Bonchev–Trinajstić information content (AvgIpc) is 2.89. The highest BCUT2D eigenvalue weighted by molar-refractivity contribution is 7.25. The summed E-state index contributed by atoms with van der Waals surface area (Å²) >= 11 is 1.39. The topological polar surface area (TPSA) is 58.6 Å². The third-order valence-electron chi connectivity index (χ3n) is 3.50. The Morgan fingerprint density at radius 3 is 2.81 bits per heavy atom. The van der Waals surface area contributed by atoms with Crippen LogP contribution in [0.2, 0.25) is 0 Å². The SMILES string of the molecule is Cc1cc(-c2ccccc2)nc2sc3c(=O)[nH]cnc3c12. The molecule has 0 saturated heterocycles. The van der Waals surface area contributed by atoms with Crippen LogP contribution in [0.3, 0.4) is 0 Å². The van der Waals surface area contributed by atoms with E-state index in [1.807, 2.05) is 43.3 Å². The van der Waals surface area contributed by atoms with E-state index in [9.17, 15) is 4.79 Å². The maximum Gasteiger partial charge on any atom is 0.268 e. The number of aryl methyl sites for hydroxylation is 1. The van der Waals surface area contributed by atoms with Crippen LogP contribution in [0.15, 0.2) is 47.5 Å². The van der Waals surface area contributed by atoms with Gasteiger partial charge in [-0.3, -0.25) is 4.79 Å². The number of aromatic nitrogens is 3. The van der Waals surface area contributed by atoms with Crippen LogP contribution in [-0.4, -0.2) is 15.0 Å². The minimum atomic E-state index is -0.108. The second-order valence-corrected chi connectivity index (χ2v) is 5.88. The molecule has 3 heterocycles. The van der Waals surface area contributed by atoms with Gasteiger partial charge in [0, 0.05) is 10.9 Å². The minimum Gasteiger partial charge on any atom is -0.312 e. The lowest BCUT2D eigenvalue weighted by atomic mass is 10.1. The minimum absolute atomic E-state index is 0.108. The zero-order chi connectivity index (χ0) is 14.4. The molecular weight excluding hydrogens is 282 g/mol. The molecule has 21 heavy (non-hydrogen) atoms. The molecule has 3 aromatic heterocycles. The Morgan fingerprint density at radius 1 is 1.19 bits per heavy atom. The van der Waals surface area contributed by atoms with Crippen LogP contribution in [0, 0.1) is 6.92 Å². The first-order valence-electron chi connectivity index (χ1n) is 6.57. The zero-order valence-electron chi connectivity index (χ0n) is 11.3. The van der Waals surface area contributed by atoms with Gasteiger partial charge in [-0.15, -0.1) is 11.3 Å². The van der Waals surface area contributed by atoms with Gasteiger partial charge in [0.15, 0.2) is 0 Å². The molecule has 0 aliphatic heterocycles. The summed E-state index contributed by atoms with van der Waals surface area (Å²) in [6, 6.07) is 12.1. The number of hydrogen-bond acceptors (Lipinski definition) is 4. The summed E-state index contributed by atoms with van der Waals surface area (Å²) in [5.74, 6) is 0. The van der Waals surface area contributed by atoms with Gasteiger partial charge in [-0.2, -0.15) is 0 Å². The molecule has 0 bridgehead atoms. The lowest BCUT2D eigenvalue weighted by Gasteiger charge is -2.03. The fourth-order valence-electron chi connectivity index (χ4n) is 2.52. The normalized spacial score (nSPS) is 11.3. The van der Waals surface area contributed by atoms with E-state index in [1.165, 1.54) is 17.7 Å². The molecule has 4 aromatic rings. The third kappa shape index (κ3) is 1.86. The van der Waals surface area contributed by atoms with Gasteiger partial charge in [-0.05, 0) is 18.6 Å². The monoisotopic (exact) mass is 293 g/mol. The van der Waals surface area contributed by atoms with E-state index in [0.29, 0.717) is 4.70 Å². The molecule has 102 valence electrons. The first kappa shape index (κ1) is 12.2. The predicted octanol–water partition coefficient (Wildman–Crippen LogP) is 3.51. The first-order chi connectivity index (χ1) is 10.2. The standard InChI is InChI=1S/C16H11N3OS/c1-9-7-11(10-5-3-2-4-6-10)19-16-12(9)13-14(21-16)15(20)18-8-17-13/h2-8H,1H3,(H,17,18,20). The van der Waals surface area contributed by atoms with Crippen molar-refractivity contribution >= 4 is 31.8 Å². The van der Waals surface area contributed by atoms with Gasteiger partial charge in [0.2, 0.25) is 0 Å². The van der Waals surface area contributed by atoms with E-state index in [4.69, 9.17) is 4.98 Å². The highest BCUT2D eigenvalue weighted by Crippen LogP contribution is 2.33. The quantitative estimate of drug-likeness (QED) is 0.584. The number of fused-ring (bicyclic) bond motifs is 3. The Hall–Kier alpha value is -2.53. The van der Waals surface area contributed by atoms with E-state index in [1.54, 1.807) is 0 Å². The maximum absolute atomic E-state index is 11.9. The van der Waals surface area contributed by atoms with E-state index in [-0.39, 0.29) is 5.56 Å². The van der Waals surface area contributed by atoms with Crippen molar-refractivity contribution in [2.24, 2.45) is 0 Å². The number of benzene rings is 1. The highest BCUT2D eigenvalue weighted by atomic mass is 32.1. The maximum atomic E-state index is 11.9. The Balaban J connectivity index is 2.10. The third-order valence-corrected chi connectivity index (χ3v) is 4.57. The number of H-pyrrole nitrogens is 1. The van der Waals surface area contributed by atoms with Crippen molar-refractivity contribution in [2.75, 3.05) is 0 Å². The lowest BCUT2D eigenvalue weighted by Crippen LogP contribution is -2.03. The summed E-state index contributed by atoms with van der Waals surface area (Å²) < 4.78 is 0.633. The molecule has 0 aliphatic carbocycles. The summed E-state index contributed by atoms with van der Waals surface area (Å²) in [6.07, 6.45) is 1.45. The van der Waals surface area contributed by atoms with Crippen molar-refractivity contribution in [1.29, 1.82) is 0 Å². The number of nitrogens with one attached hydrogen (secondary N) is 1. The van der Waals surface area contributed by atoms with Crippen molar-refractivity contribution in [3.05, 3.63) is 58.6 Å². The van der Waals surface area contributed by atoms with Gasteiger partial charge in [-0.25, -0.2) is 9.97 Å². The molecule has 0 amide bonds. The van der Waals surface area contributed by atoms with Crippen LogP contribution in [0.25, 0.3) is 31.7 Å². The molecule has 4 rings (SSSR count). The molecule has 0 atom stereocenters. The number of nitrogens with zero attached hydrogens (tertiary/aromatic N) is 2. The zero-order valence-corrected chi connectivity index (χ0v) is 12.1. The van der Waals surface area contributed by atoms with E-state index >= 15 is 0 Å². The molecule has 0 spiro atoms. The summed E-state index contributed by atoms with van der Waals surface area (Å²) in [5, 5.41) is 0.973. The van der Waals surface area contributed by atoms with E-state index in [2.05, 4.69) is 9.97 Å². The molecule has 0 radical (unpaired) electrons. The fraction of sp³-hybridized carbons (Fsp3) is 0.0625. The molecule has 0 unspecified atom stereocenters. The van der Waals surface area contributed by atoms with Gasteiger partial charge in [0.05, 0.1) is 17.5 Å². The van der Waals surface area contributed by atoms with Crippen molar-refractivity contribution in [3.63, 3.8) is 0 Å². The van der Waals surface area contributed by atoms with Crippen LogP contribution in [0.4, 0.5) is 0 Å². The molecule has 0 fully saturated rings. The molecular formula is C16H11N3OS. The molecule has 0 aliphatic rings. The second kappa shape index (κ2) is 4.49. The van der Waals surface area contributed by atoms with Gasteiger partial charge in [-0.1, -0.05) is 30.3 Å². The Labute approximate surface area is 124 Å². The van der Waals surface area contributed by atoms with Crippen molar-refractivity contribution in [3.8, 4) is 11.3 Å². The summed E-state index contributed by atoms with van der Waals surface area (Å²) in [5.41, 5.74) is 3.71. The molecule has 4 nitrogen and oxygen atoms in total. The van der Waals surface area contributed by atoms with Gasteiger partial charge >= 0.3 is 0 Å². The van der Waals surface area contributed by atoms with Crippen LogP contribution in [0.5, 0.6) is 0 Å². The molecule has 1 aromatic carbocycles. The Kier molecular flexibility index (Phi) is 2.62. The molecule has 0 saturated carbocycles. The van der Waals surface area contributed by atoms with Gasteiger partial charge in [0.25, 0.3) is 5.56 Å². The number of pyridine rings is 1. The van der Waals surface area contributed by atoms with E-state index in [0.717, 1.165) is 32.6 Å². The van der Waals surface area contributed by atoms with Crippen LogP contribution < -0.4 is 5.56 Å². The largest absolute Gasteiger partial charge is 0.312 e. The lowest BCUT2D eigenvalue weighted by molar-refractivity contribution is 1.18. The summed E-state index contributed by atoms with van der Waals surface area (Å²) in [7, 11) is 0. The number of aromatic amines is 1. The molecule has 5 heteroatoms. The average molecular weight is 293 g/mol. The number of thiophene rings is 1. The Bertz CT molecular complexity index is 1020. The van der Waals surface area contributed by atoms with Crippen LogP contribution in [-0.2, 0) is 0 Å². The number of hydrogen-bond donors (Lipinski definition) is 1. The summed E-state index contributed by atoms with van der Waals surface area (Å²) in [6.45, 7) is 2.03. The first-order valence-corrected chi connectivity index (χ1v) is 7.38. The van der Waals surface area contributed by atoms with E-state index < -0.39 is 0 Å². The van der Waals surface area contributed by atoms with Crippen LogP contribution in [0.1, 0.15) is 5.56 Å². The van der Waals surface area contributed by atoms with Crippen molar-refractivity contribution < 1.29 is 0 Å². The van der Waals surface area contributed by atoms with Crippen molar-refractivity contribution in [1.82, 2.24) is 15.0 Å². The highest BCUT2D eigenvalue weighted by Gasteiger charge is 2.14. The van der Waals surface area contributed by atoms with Crippen molar-refractivity contribution in [2.45, 2.75) is 6.92 Å². The smallest absolute Gasteiger partial charge is 0.268 e. The summed E-state index contributed by atoms with van der Waals surface area (Å²) in [4.78, 5) is 24.4. The second-order valence-electron chi connectivity index (χ2n) is 4.88.